The van der Waals surface area contributed by atoms with Gasteiger partial charge in [0, 0.05) is 6.42 Å². The van der Waals surface area contributed by atoms with E-state index >= 15 is 0 Å². The van der Waals surface area contributed by atoms with E-state index in [1.807, 2.05) is 12.1 Å². The zero-order chi connectivity index (χ0) is 13.0. The Morgan fingerprint density at radius 2 is 2.28 bits per heavy atom. The van der Waals surface area contributed by atoms with Crippen molar-refractivity contribution in [3.05, 3.63) is 41.7 Å². The quantitative estimate of drug-likeness (QED) is 0.872. The number of hydrogen-bond donors (Lipinski definition) is 1. The highest BCUT2D eigenvalue weighted by Gasteiger charge is 2.05. The van der Waals surface area contributed by atoms with Crippen LogP contribution < -0.4 is 0 Å². The smallest absolute Gasteiger partial charge is 0.303 e. The normalized spacial score (nSPS) is 10.5. The third-order valence-corrected chi connectivity index (χ3v) is 2.72. The van der Waals surface area contributed by atoms with Gasteiger partial charge >= 0.3 is 5.97 Å². The van der Waals surface area contributed by atoms with Gasteiger partial charge in [-0.25, -0.2) is 4.68 Å². The van der Waals surface area contributed by atoms with Crippen LogP contribution in [-0.2, 0) is 17.6 Å². The average molecular weight is 245 g/mol. The molecule has 0 fully saturated rings. The third kappa shape index (κ3) is 2.94. The highest BCUT2D eigenvalue weighted by Crippen LogP contribution is 2.11. The molecule has 0 bridgehead atoms. The highest BCUT2D eigenvalue weighted by atomic mass is 16.4. The predicted octanol–water partition coefficient (Wildman–Crippen LogP) is 1.85. The van der Waals surface area contributed by atoms with Gasteiger partial charge in [0.15, 0.2) is 0 Å². The molecule has 1 N–H and O–H groups in total. The molecule has 0 spiro atoms. The summed E-state index contributed by atoms with van der Waals surface area (Å²) in [6.07, 6.45) is 3.22. The molecule has 0 aliphatic carbocycles. The maximum atomic E-state index is 10.5. The summed E-state index contributed by atoms with van der Waals surface area (Å²) in [5.41, 5.74) is 2.87. The lowest BCUT2D eigenvalue weighted by Gasteiger charge is -2.02. The maximum Gasteiger partial charge on any atom is 0.303 e. The van der Waals surface area contributed by atoms with Crippen molar-refractivity contribution >= 4 is 5.97 Å². The van der Waals surface area contributed by atoms with Crippen LogP contribution in [0.15, 0.2) is 30.5 Å². The van der Waals surface area contributed by atoms with Crippen LogP contribution in [-0.4, -0.2) is 26.1 Å². The molecule has 1 aromatic heterocycles. The van der Waals surface area contributed by atoms with Crippen LogP contribution >= 0.6 is 0 Å². The summed E-state index contributed by atoms with van der Waals surface area (Å²) < 4.78 is 1.68. The first-order chi connectivity index (χ1) is 8.69. The second-order valence-electron chi connectivity index (χ2n) is 4.07. The highest BCUT2D eigenvalue weighted by molar-refractivity contribution is 5.66. The maximum absolute atomic E-state index is 10.5. The second-order valence-corrected chi connectivity index (χ2v) is 4.07. The fourth-order valence-electron chi connectivity index (χ4n) is 1.69. The van der Waals surface area contributed by atoms with E-state index in [9.17, 15) is 4.79 Å². The summed E-state index contributed by atoms with van der Waals surface area (Å²) in [5, 5.41) is 16.6. The van der Waals surface area contributed by atoms with Gasteiger partial charge in [0.05, 0.1) is 24.0 Å². The Hall–Kier alpha value is -2.17. The fraction of sp³-hybridized carbons (Fsp3) is 0.308. The van der Waals surface area contributed by atoms with Crippen LogP contribution in [0.2, 0.25) is 0 Å². The van der Waals surface area contributed by atoms with Gasteiger partial charge in [-0.3, -0.25) is 4.79 Å². The number of carbonyl (C=O) groups is 1. The zero-order valence-electron chi connectivity index (χ0n) is 10.2. The second kappa shape index (κ2) is 5.44. The number of aromatic nitrogens is 3. The van der Waals surface area contributed by atoms with Crippen molar-refractivity contribution in [2.24, 2.45) is 0 Å². The fourth-order valence-corrected chi connectivity index (χ4v) is 1.69. The molecule has 2 aromatic rings. The van der Waals surface area contributed by atoms with E-state index in [2.05, 4.69) is 29.4 Å². The van der Waals surface area contributed by atoms with Crippen molar-refractivity contribution in [1.82, 2.24) is 15.0 Å². The van der Waals surface area contributed by atoms with Gasteiger partial charge in [0.2, 0.25) is 0 Å². The molecule has 0 saturated carbocycles. The van der Waals surface area contributed by atoms with Crippen LogP contribution in [0.1, 0.15) is 24.6 Å². The Balaban J connectivity index is 2.15. The third-order valence-electron chi connectivity index (χ3n) is 2.72. The van der Waals surface area contributed by atoms with Crippen molar-refractivity contribution in [2.75, 3.05) is 0 Å². The zero-order valence-corrected chi connectivity index (χ0v) is 10.2. The Bertz CT molecular complexity index is 549. The van der Waals surface area contributed by atoms with Gasteiger partial charge in [-0.2, -0.15) is 0 Å². The van der Waals surface area contributed by atoms with Gasteiger partial charge in [0.1, 0.15) is 0 Å². The van der Waals surface area contributed by atoms with Gasteiger partial charge < -0.3 is 5.11 Å². The number of benzene rings is 1. The Morgan fingerprint density at radius 1 is 1.44 bits per heavy atom. The van der Waals surface area contributed by atoms with Crippen molar-refractivity contribution in [3.8, 4) is 5.69 Å². The first kappa shape index (κ1) is 12.3. The predicted molar refractivity (Wildman–Crippen MR) is 66.7 cm³/mol. The van der Waals surface area contributed by atoms with Gasteiger partial charge in [-0.1, -0.05) is 24.3 Å². The minimum absolute atomic E-state index is 0.0771. The molecule has 0 unspecified atom stereocenters. The minimum Gasteiger partial charge on any atom is -0.481 e. The minimum atomic E-state index is -0.822. The summed E-state index contributed by atoms with van der Waals surface area (Å²) in [6, 6.07) is 8.04. The van der Waals surface area contributed by atoms with Crippen LogP contribution in [0, 0.1) is 0 Å². The van der Waals surface area contributed by atoms with E-state index in [1.54, 1.807) is 10.9 Å². The molecule has 1 aromatic carbocycles. The number of hydrogen-bond acceptors (Lipinski definition) is 3. The molecular weight excluding hydrogens is 230 g/mol. The van der Waals surface area contributed by atoms with Gasteiger partial charge in [-0.15, -0.1) is 5.10 Å². The molecule has 0 saturated heterocycles. The Labute approximate surface area is 105 Å². The van der Waals surface area contributed by atoms with E-state index in [4.69, 9.17) is 5.11 Å². The van der Waals surface area contributed by atoms with E-state index < -0.39 is 5.97 Å². The molecular formula is C13H15N3O2. The molecule has 0 atom stereocenters. The topological polar surface area (TPSA) is 68.0 Å². The molecule has 0 aliphatic rings. The summed E-state index contributed by atoms with van der Waals surface area (Å²) in [6.45, 7) is 2.10. The number of aliphatic carboxylic acids is 1. The standard InChI is InChI=1S/C13H15N3O2/c1-2-10-4-3-5-12(8-10)16-9-11(14-15-16)6-7-13(17)18/h3-5,8-9H,2,6-7H2,1H3,(H,17,18). The Kier molecular flexibility index (Phi) is 3.72. The van der Waals surface area contributed by atoms with Crippen molar-refractivity contribution in [1.29, 1.82) is 0 Å². The van der Waals surface area contributed by atoms with E-state index in [-0.39, 0.29) is 6.42 Å². The van der Waals surface area contributed by atoms with Gasteiger partial charge in [0.25, 0.3) is 0 Å². The van der Waals surface area contributed by atoms with Crippen molar-refractivity contribution in [3.63, 3.8) is 0 Å². The number of aryl methyl sites for hydroxylation is 2. The summed E-state index contributed by atoms with van der Waals surface area (Å²) in [4.78, 5) is 10.5. The molecule has 5 heteroatoms. The van der Waals surface area contributed by atoms with Crippen molar-refractivity contribution < 1.29 is 9.90 Å². The monoisotopic (exact) mass is 245 g/mol. The molecule has 5 nitrogen and oxygen atoms in total. The van der Waals surface area contributed by atoms with Gasteiger partial charge in [-0.05, 0) is 24.1 Å². The molecule has 1 heterocycles. The SMILES string of the molecule is CCc1cccc(-n2cc(CCC(=O)O)nn2)c1. The summed E-state index contributed by atoms with van der Waals surface area (Å²) >= 11 is 0. The molecule has 0 aliphatic heterocycles. The summed E-state index contributed by atoms with van der Waals surface area (Å²) in [5.74, 6) is -0.822. The van der Waals surface area contributed by atoms with Crippen LogP contribution in [0.4, 0.5) is 0 Å². The van der Waals surface area contributed by atoms with Crippen molar-refractivity contribution in [2.45, 2.75) is 26.2 Å². The molecule has 94 valence electrons. The van der Waals surface area contributed by atoms with E-state index in [1.165, 1.54) is 5.56 Å². The number of nitrogens with zero attached hydrogens (tertiary/aromatic N) is 3. The largest absolute Gasteiger partial charge is 0.481 e. The molecule has 0 amide bonds. The van der Waals surface area contributed by atoms with E-state index in [0.29, 0.717) is 12.1 Å². The molecule has 18 heavy (non-hydrogen) atoms. The van der Waals surface area contributed by atoms with Crippen LogP contribution in [0.3, 0.4) is 0 Å². The summed E-state index contributed by atoms with van der Waals surface area (Å²) in [7, 11) is 0. The van der Waals surface area contributed by atoms with Crippen LogP contribution in [0.5, 0.6) is 0 Å². The lowest BCUT2D eigenvalue weighted by Crippen LogP contribution is -1.97. The lowest BCUT2D eigenvalue weighted by molar-refractivity contribution is -0.136. The number of carboxylic acids is 1. The van der Waals surface area contributed by atoms with E-state index in [0.717, 1.165) is 12.1 Å². The molecule has 0 radical (unpaired) electrons. The van der Waals surface area contributed by atoms with Crippen LogP contribution in [0.25, 0.3) is 5.69 Å². The molecule has 2 rings (SSSR count). The average Bonchev–Trinajstić information content (AvgIpc) is 2.85. The number of carboxylic acid groups (broad SMARTS) is 1. The Morgan fingerprint density at radius 3 is 3.00 bits per heavy atom. The number of rotatable bonds is 5. The lowest BCUT2D eigenvalue weighted by atomic mass is 10.1. The first-order valence-electron chi connectivity index (χ1n) is 5.91. The first-order valence-corrected chi connectivity index (χ1v) is 5.91.